The lowest BCUT2D eigenvalue weighted by atomic mass is 10.2. The third kappa shape index (κ3) is 2.23. The van der Waals surface area contributed by atoms with Crippen molar-refractivity contribution in [2.45, 2.75) is 32.6 Å². The highest BCUT2D eigenvalue weighted by atomic mass is 15.4. The van der Waals surface area contributed by atoms with E-state index in [0.29, 0.717) is 5.92 Å². The molecule has 1 fully saturated rings. The van der Waals surface area contributed by atoms with Gasteiger partial charge in [0.1, 0.15) is 0 Å². The van der Waals surface area contributed by atoms with Crippen LogP contribution in [0.1, 0.15) is 35.8 Å². The Morgan fingerprint density at radius 1 is 1.08 bits per heavy atom. The molecule has 7 heteroatoms. The van der Waals surface area contributed by atoms with Crippen LogP contribution in [0.2, 0.25) is 0 Å². The second-order valence-corrected chi connectivity index (χ2v) is 6.50. The van der Waals surface area contributed by atoms with Gasteiger partial charge in [-0.05, 0) is 38.3 Å². The van der Waals surface area contributed by atoms with Crippen molar-refractivity contribution < 1.29 is 0 Å². The molecule has 0 saturated heterocycles. The average Bonchev–Trinajstić information content (AvgIpc) is 3.19. The topological polar surface area (TPSA) is 73.8 Å². The fourth-order valence-electron chi connectivity index (χ4n) is 3.10. The predicted octanol–water partition coefficient (Wildman–Crippen LogP) is 2.87. The van der Waals surface area contributed by atoms with E-state index >= 15 is 0 Å². The van der Waals surface area contributed by atoms with Crippen LogP contribution in [-0.4, -0.2) is 34.3 Å². The summed E-state index contributed by atoms with van der Waals surface area (Å²) in [6, 6.07) is 3.86. The normalized spacial score (nSPS) is 14.3. The zero-order valence-electron chi connectivity index (χ0n) is 14.1. The second kappa shape index (κ2) is 5.20. The van der Waals surface area contributed by atoms with Crippen LogP contribution >= 0.6 is 0 Å². The van der Waals surface area contributed by atoms with Crippen molar-refractivity contribution in [2.24, 2.45) is 0 Å². The molecule has 4 aromatic rings. The minimum atomic E-state index is 0.476. The van der Waals surface area contributed by atoms with Gasteiger partial charge in [-0.3, -0.25) is 4.98 Å². The smallest absolute Gasteiger partial charge is 0.166 e. The third-order valence-corrected chi connectivity index (χ3v) is 4.68. The Kier molecular flexibility index (Phi) is 2.97. The summed E-state index contributed by atoms with van der Waals surface area (Å²) in [5, 5.41) is 9.17. The zero-order valence-corrected chi connectivity index (χ0v) is 14.1. The van der Waals surface area contributed by atoms with Crippen molar-refractivity contribution in [1.29, 1.82) is 0 Å². The molecule has 0 bridgehead atoms. The molecule has 5 rings (SSSR count). The Morgan fingerprint density at radius 2 is 1.96 bits per heavy atom. The first kappa shape index (κ1) is 14.3. The maximum atomic E-state index is 4.86. The summed E-state index contributed by atoms with van der Waals surface area (Å²) in [6.45, 7) is 4.07. The molecule has 7 nitrogen and oxygen atoms in total. The largest absolute Gasteiger partial charge is 0.264 e. The molecule has 124 valence electrons. The van der Waals surface area contributed by atoms with Crippen LogP contribution in [-0.2, 0) is 0 Å². The number of fused-ring (bicyclic) bond motifs is 1. The van der Waals surface area contributed by atoms with Crippen molar-refractivity contribution >= 4 is 5.65 Å². The molecular weight excluding hydrogens is 314 g/mol. The SMILES string of the molecule is Cc1cnccc1-n1nc(C2CC2)nc1-c1cnc2ccnn2c1C. The summed E-state index contributed by atoms with van der Waals surface area (Å²) >= 11 is 0. The summed E-state index contributed by atoms with van der Waals surface area (Å²) in [5.41, 5.74) is 4.81. The van der Waals surface area contributed by atoms with Crippen LogP contribution in [0, 0.1) is 13.8 Å². The van der Waals surface area contributed by atoms with E-state index in [2.05, 4.69) is 15.1 Å². The van der Waals surface area contributed by atoms with Crippen molar-refractivity contribution in [3.05, 3.63) is 54.0 Å². The van der Waals surface area contributed by atoms with Crippen molar-refractivity contribution in [2.75, 3.05) is 0 Å². The van der Waals surface area contributed by atoms with E-state index in [1.807, 2.05) is 47.6 Å². The molecule has 1 saturated carbocycles. The van der Waals surface area contributed by atoms with Gasteiger partial charge in [-0.25, -0.2) is 19.2 Å². The Hall–Kier alpha value is -3.09. The third-order valence-electron chi connectivity index (χ3n) is 4.68. The number of aryl methyl sites for hydroxylation is 2. The summed E-state index contributed by atoms with van der Waals surface area (Å²) in [4.78, 5) is 13.6. The van der Waals surface area contributed by atoms with Crippen molar-refractivity contribution in [3.63, 3.8) is 0 Å². The first-order valence-corrected chi connectivity index (χ1v) is 8.40. The monoisotopic (exact) mass is 331 g/mol. The van der Waals surface area contributed by atoms with E-state index in [1.165, 1.54) is 0 Å². The van der Waals surface area contributed by atoms with Crippen LogP contribution in [0.4, 0.5) is 0 Å². The molecule has 0 atom stereocenters. The molecule has 0 aliphatic heterocycles. The van der Waals surface area contributed by atoms with Gasteiger partial charge in [-0.1, -0.05) is 0 Å². The molecular formula is C18H17N7. The van der Waals surface area contributed by atoms with E-state index in [-0.39, 0.29) is 0 Å². The summed E-state index contributed by atoms with van der Waals surface area (Å²) in [7, 11) is 0. The molecule has 0 amide bonds. The number of hydrogen-bond donors (Lipinski definition) is 0. The quantitative estimate of drug-likeness (QED) is 0.577. The van der Waals surface area contributed by atoms with Gasteiger partial charge in [-0.15, -0.1) is 0 Å². The fourth-order valence-corrected chi connectivity index (χ4v) is 3.10. The molecule has 4 aromatic heterocycles. The second-order valence-electron chi connectivity index (χ2n) is 6.50. The highest BCUT2D eigenvalue weighted by Gasteiger charge is 2.30. The molecule has 0 spiro atoms. The first-order chi connectivity index (χ1) is 12.2. The Labute approximate surface area is 144 Å². The van der Waals surface area contributed by atoms with E-state index < -0.39 is 0 Å². The number of hydrogen-bond acceptors (Lipinski definition) is 5. The van der Waals surface area contributed by atoms with Gasteiger partial charge in [0.15, 0.2) is 17.3 Å². The highest BCUT2D eigenvalue weighted by Crippen LogP contribution is 2.39. The number of rotatable bonds is 3. The summed E-state index contributed by atoms with van der Waals surface area (Å²) in [5.74, 6) is 2.19. The van der Waals surface area contributed by atoms with Gasteiger partial charge in [0.05, 0.1) is 23.1 Å². The number of nitrogens with zero attached hydrogens (tertiary/aromatic N) is 7. The lowest BCUT2D eigenvalue weighted by Gasteiger charge is -2.10. The lowest BCUT2D eigenvalue weighted by molar-refractivity contribution is 0.827. The van der Waals surface area contributed by atoms with E-state index in [4.69, 9.17) is 10.1 Å². The molecule has 25 heavy (non-hydrogen) atoms. The van der Waals surface area contributed by atoms with Crippen molar-refractivity contribution in [3.8, 4) is 17.1 Å². The zero-order chi connectivity index (χ0) is 17.0. The minimum Gasteiger partial charge on any atom is -0.264 e. The van der Waals surface area contributed by atoms with Gasteiger partial charge in [0, 0.05) is 30.6 Å². The maximum absolute atomic E-state index is 4.86. The van der Waals surface area contributed by atoms with Crippen LogP contribution in [0.3, 0.4) is 0 Å². The molecule has 0 N–H and O–H groups in total. The van der Waals surface area contributed by atoms with Gasteiger partial charge in [-0.2, -0.15) is 10.2 Å². The van der Waals surface area contributed by atoms with Crippen LogP contribution < -0.4 is 0 Å². The molecule has 0 unspecified atom stereocenters. The van der Waals surface area contributed by atoms with Gasteiger partial charge >= 0.3 is 0 Å². The van der Waals surface area contributed by atoms with Gasteiger partial charge < -0.3 is 0 Å². The molecule has 1 aliphatic carbocycles. The number of aromatic nitrogens is 7. The Bertz CT molecular complexity index is 1090. The van der Waals surface area contributed by atoms with Crippen LogP contribution in [0.25, 0.3) is 22.7 Å². The molecule has 0 radical (unpaired) electrons. The molecule has 0 aromatic carbocycles. The van der Waals surface area contributed by atoms with Crippen LogP contribution in [0.5, 0.6) is 0 Å². The van der Waals surface area contributed by atoms with E-state index in [0.717, 1.165) is 52.6 Å². The minimum absolute atomic E-state index is 0.476. The number of pyridine rings is 1. The van der Waals surface area contributed by atoms with Crippen LogP contribution in [0.15, 0.2) is 36.9 Å². The molecule has 1 aliphatic rings. The molecule has 4 heterocycles. The maximum Gasteiger partial charge on any atom is 0.166 e. The van der Waals surface area contributed by atoms with E-state index in [9.17, 15) is 0 Å². The van der Waals surface area contributed by atoms with E-state index in [1.54, 1.807) is 12.4 Å². The Morgan fingerprint density at radius 3 is 2.76 bits per heavy atom. The van der Waals surface area contributed by atoms with Crippen molar-refractivity contribution in [1.82, 2.24) is 34.3 Å². The van der Waals surface area contributed by atoms with Gasteiger partial charge in [0.2, 0.25) is 0 Å². The standard InChI is InChI=1S/C18H17N7/c1-11-9-19-7-5-15(11)25-18(22-17(23-25)13-3-4-13)14-10-20-16-6-8-21-24(16)12(14)2/h5-10,13H,3-4H2,1-2H3. The lowest BCUT2D eigenvalue weighted by Crippen LogP contribution is -2.06. The summed E-state index contributed by atoms with van der Waals surface area (Å²) < 4.78 is 3.76. The summed E-state index contributed by atoms with van der Waals surface area (Å²) in [6.07, 6.45) is 9.57. The van der Waals surface area contributed by atoms with Gasteiger partial charge in [0.25, 0.3) is 0 Å². The fraction of sp³-hybridized carbons (Fsp3) is 0.278. The average molecular weight is 331 g/mol. The predicted molar refractivity (Wildman–Crippen MR) is 92.6 cm³/mol. The Balaban J connectivity index is 1.77. The highest BCUT2D eigenvalue weighted by molar-refractivity contribution is 5.62. The first-order valence-electron chi connectivity index (χ1n) is 8.40.